The average Bonchev–Trinajstić information content (AvgIpc) is 2.39. The van der Waals surface area contributed by atoms with Crippen molar-refractivity contribution in [1.29, 1.82) is 0 Å². The van der Waals surface area contributed by atoms with Gasteiger partial charge in [0, 0.05) is 26.6 Å². The molecule has 106 valence electrons. The Kier molecular flexibility index (Phi) is 5.78. The van der Waals surface area contributed by atoms with Crippen molar-refractivity contribution in [2.75, 3.05) is 25.5 Å². The third-order valence-electron chi connectivity index (χ3n) is 2.47. The van der Waals surface area contributed by atoms with Gasteiger partial charge < -0.3 is 10.6 Å². The highest BCUT2D eigenvalue weighted by Gasteiger charge is 2.17. The lowest BCUT2D eigenvalue weighted by Gasteiger charge is -2.11. The molecule has 3 N–H and O–H groups in total. The third kappa shape index (κ3) is 4.53. The van der Waals surface area contributed by atoms with Crippen molar-refractivity contribution < 1.29 is 13.2 Å². The number of anilines is 1. The Hall–Kier alpha value is -1.60. The fourth-order valence-corrected chi connectivity index (χ4v) is 2.75. The number of carbonyl (C=O) groups is 1. The molecule has 1 rings (SSSR count). The number of carbonyl (C=O) groups excluding carboxylic acids is 1. The van der Waals surface area contributed by atoms with Gasteiger partial charge in [0.15, 0.2) is 0 Å². The molecule has 0 radical (unpaired) electrons. The SMILES string of the molecule is CCNc1ccccc1S(=O)(=O)NCCC(=O)NC. The quantitative estimate of drug-likeness (QED) is 0.682. The molecule has 0 spiro atoms. The van der Waals surface area contributed by atoms with Gasteiger partial charge in [-0.15, -0.1) is 0 Å². The zero-order valence-electron chi connectivity index (χ0n) is 11.1. The van der Waals surface area contributed by atoms with Crippen LogP contribution in [0.4, 0.5) is 5.69 Å². The molecular formula is C12H19N3O3S. The van der Waals surface area contributed by atoms with E-state index >= 15 is 0 Å². The summed E-state index contributed by atoms with van der Waals surface area (Å²) in [7, 11) is -2.10. The minimum Gasteiger partial charge on any atom is -0.384 e. The molecule has 0 aliphatic heterocycles. The van der Waals surface area contributed by atoms with Crippen molar-refractivity contribution in [1.82, 2.24) is 10.0 Å². The van der Waals surface area contributed by atoms with E-state index in [-0.39, 0.29) is 23.8 Å². The maximum Gasteiger partial charge on any atom is 0.242 e. The maximum atomic E-state index is 12.1. The van der Waals surface area contributed by atoms with Gasteiger partial charge >= 0.3 is 0 Å². The molecule has 0 atom stereocenters. The van der Waals surface area contributed by atoms with Crippen LogP contribution in [0, 0.1) is 0 Å². The van der Waals surface area contributed by atoms with Crippen molar-refractivity contribution in [3.8, 4) is 0 Å². The minimum atomic E-state index is -3.61. The van der Waals surface area contributed by atoms with Crippen LogP contribution in [-0.4, -0.2) is 34.5 Å². The van der Waals surface area contributed by atoms with Gasteiger partial charge in [0.2, 0.25) is 15.9 Å². The lowest BCUT2D eigenvalue weighted by atomic mass is 10.3. The van der Waals surface area contributed by atoms with E-state index in [1.165, 1.54) is 13.1 Å². The molecule has 1 aromatic rings. The first-order valence-electron chi connectivity index (χ1n) is 6.04. The van der Waals surface area contributed by atoms with Gasteiger partial charge in [0.1, 0.15) is 4.90 Å². The van der Waals surface area contributed by atoms with Crippen LogP contribution < -0.4 is 15.4 Å². The molecule has 0 aliphatic rings. The van der Waals surface area contributed by atoms with Gasteiger partial charge in [-0.25, -0.2) is 13.1 Å². The van der Waals surface area contributed by atoms with E-state index in [9.17, 15) is 13.2 Å². The summed E-state index contributed by atoms with van der Waals surface area (Å²) in [6, 6.07) is 6.66. The highest BCUT2D eigenvalue weighted by atomic mass is 32.2. The molecule has 0 heterocycles. The Morgan fingerprint density at radius 2 is 1.95 bits per heavy atom. The maximum absolute atomic E-state index is 12.1. The Morgan fingerprint density at radius 3 is 2.58 bits per heavy atom. The summed E-state index contributed by atoms with van der Waals surface area (Å²) < 4.78 is 26.6. The van der Waals surface area contributed by atoms with E-state index in [2.05, 4.69) is 15.4 Å². The standard InChI is InChI=1S/C12H19N3O3S/c1-3-14-10-6-4-5-7-11(10)19(17,18)15-9-8-12(16)13-2/h4-7,14-15H,3,8-9H2,1-2H3,(H,13,16). The molecule has 0 fully saturated rings. The lowest BCUT2D eigenvalue weighted by molar-refractivity contribution is -0.120. The zero-order chi connectivity index (χ0) is 14.3. The van der Waals surface area contributed by atoms with Crippen LogP contribution in [0.3, 0.4) is 0 Å². The van der Waals surface area contributed by atoms with Crippen LogP contribution >= 0.6 is 0 Å². The largest absolute Gasteiger partial charge is 0.384 e. The number of sulfonamides is 1. The summed E-state index contributed by atoms with van der Waals surface area (Å²) in [6.45, 7) is 2.59. The predicted molar refractivity (Wildman–Crippen MR) is 74.5 cm³/mol. The van der Waals surface area contributed by atoms with Crippen molar-refractivity contribution in [3.05, 3.63) is 24.3 Å². The van der Waals surface area contributed by atoms with Crippen molar-refractivity contribution in [2.45, 2.75) is 18.2 Å². The molecular weight excluding hydrogens is 266 g/mol. The normalized spacial score (nSPS) is 11.1. The van der Waals surface area contributed by atoms with Crippen LogP contribution in [0.25, 0.3) is 0 Å². The van der Waals surface area contributed by atoms with Crippen LogP contribution in [0.5, 0.6) is 0 Å². The first-order chi connectivity index (χ1) is 9.01. The van der Waals surface area contributed by atoms with Gasteiger partial charge in [-0.2, -0.15) is 0 Å². The summed E-state index contributed by atoms with van der Waals surface area (Å²) in [5.74, 6) is -0.206. The lowest BCUT2D eigenvalue weighted by Crippen LogP contribution is -2.29. The van der Waals surface area contributed by atoms with Gasteiger partial charge in [0.25, 0.3) is 0 Å². The van der Waals surface area contributed by atoms with Gasteiger partial charge in [-0.05, 0) is 19.1 Å². The van der Waals surface area contributed by atoms with E-state index < -0.39 is 10.0 Å². The van der Waals surface area contributed by atoms with E-state index in [0.717, 1.165) is 0 Å². The number of rotatable bonds is 7. The summed E-state index contributed by atoms with van der Waals surface area (Å²) in [5, 5.41) is 5.43. The number of hydrogen-bond acceptors (Lipinski definition) is 4. The molecule has 1 amide bonds. The average molecular weight is 285 g/mol. The summed E-state index contributed by atoms with van der Waals surface area (Å²) in [6.07, 6.45) is 0.110. The molecule has 0 aliphatic carbocycles. The third-order valence-corrected chi connectivity index (χ3v) is 3.99. The highest BCUT2D eigenvalue weighted by Crippen LogP contribution is 2.20. The topological polar surface area (TPSA) is 87.3 Å². The number of benzene rings is 1. The molecule has 1 aromatic carbocycles. The van der Waals surface area contributed by atoms with Gasteiger partial charge in [-0.1, -0.05) is 12.1 Å². The van der Waals surface area contributed by atoms with E-state index in [1.54, 1.807) is 18.2 Å². The molecule has 19 heavy (non-hydrogen) atoms. The molecule has 0 aromatic heterocycles. The van der Waals surface area contributed by atoms with E-state index in [0.29, 0.717) is 12.2 Å². The number of nitrogens with one attached hydrogen (secondary N) is 3. The Balaban J connectivity index is 2.79. The van der Waals surface area contributed by atoms with Gasteiger partial charge in [0.05, 0.1) is 5.69 Å². The summed E-state index contributed by atoms with van der Waals surface area (Å²) >= 11 is 0. The minimum absolute atomic E-state index is 0.0719. The van der Waals surface area contributed by atoms with Crippen LogP contribution in [-0.2, 0) is 14.8 Å². The Bertz CT molecular complexity index is 529. The van der Waals surface area contributed by atoms with Crippen LogP contribution in [0.1, 0.15) is 13.3 Å². The zero-order valence-corrected chi connectivity index (χ0v) is 11.9. The summed E-state index contributed by atoms with van der Waals surface area (Å²) in [5.41, 5.74) is 0.553. The first-order valence-corrected chi connectivity index (χ1v) is 7.52. The molecule has 0 saturated heterocycles. The summed E-state index contributed by atoms with van der Waals surface area (Å²) in [4.78, 5) is 11.2. The van der Waals surface area contributed by atoms with Crippen molar-refractivity contribution in [2.24, 2.45) is 0 Å². The van der Waals surface area contributed by atoms with Crippen molar-refractivity contribution in [3.63, 3.8) is 0 Å². The van der Waals surface area contributed by atoms with Gasteiger partial charge in [-0.3, -0.25) is 4.79 Å². The fraction of sp³-hybridized carbons (Fsp3) is 0.417. The predicted octanol–water partition coefficient (Wildman–Crippen LogP) is 0.533. The number of para-hydroxylation sites is 1. The Labute approximate surface area is 113 Å². The first kappa shape index (κ1) is 15.5. The molecule has 0 unspecified atom stereocenters. The number of hydrogen-bond donors (Lipinski definition) is 3. The monoisotopic (exact) mass is 285 g/mol. The Morgan fingerprint density at radius 1 is 1.26 bits per heavy atom. The van der Waals surface area contributed by atoms with Crippen LogP contribution in [0.15, 0.2) is 29.2 Å². The molecule has 0 bridgehead atoms. The second-order valence-corrected chi connectivity index (χ2v) is 5.58. The van der Waals surface area contributed by atoms with E-state index in [1.807, 2.05) is 6.92 Å². The van der Waals surface area contributed by atoms with E-state index in [4.69, 9.17) is 0 Å². The smallest absolute Gasteiger partial charge is 0.242 e. The fourth-order valence-electron chi connectivity index (χ4n) is 1.54. The molecule has 0 saturated carbocycles. The second-order valence-electron chi connectivity index (χ2n) is 3.85. The highest BCUT2D eigenvalue weighted by molar-refractivity contribution is 7.89. The second kappa shape index (κ2) is 7.10. The van der Waals surface area contributed by atoms with Crippen LogP contribution in [0.2, 0.25) is 0 Å². The van der Waals surface area contributed by atoms with Crippen molar-refractivity contribution >= 4 is 21.6 Å². The number of amides is 1. The molecule has 6 nitrogen and oxygen atoms in total. The molecule has 7 heteroatoms.